The highest BCUT2D eigenvalue weighted by atomic mass is 16.4. The predicted molar refractivity (Wildman–Crippen MR) is 125 cm³/mol. The maximum atomic E-state index is 12.9. The van der Waals surface area contributed by atoms with Crippen LogP contribution in [-0.4, -0.2) is 39.3 Å². The number of hydrogen-bond acceptors (Lipinski definition) is 4. The van der Waals surface area contributed by atoms with E-state index < -0.39 is 23.6 Å². The number of aliphatic hydroxyl groups excluding tert-OH is 2. The molecule has 5 heteroatoms. The number of aliphatic hydroxyl groups is 2. The Kier molecular flexibility index (Phi) is 7.86. The van der Waals surface area contributed by atoms with Crippen LogP contribution in [0.3, 0.4) is 0 Å². The van der Waals surface area contributed by atoms with E-state index in [4.69, 9.17) is 5.11 Å². The molecule has 0 aliphatic heterocycles. The first-order valence-electron chi connectivity index (χ1n) is 11.5. The Labute approximate surface area is 189 Å². The third-order valence-corrected chi connectivity index (χ3v) is 6.79. The van der Waals surface area contributed by atoms with Crippen LogP contribution in [0, 0.1) is 17.3 Å². The summed E-state index contributed by atoms with van der Waals surface area (Å²) in [6.07, 6.45) is 5.07. The number of ketones is 1. The highest BCUT2D eigenvalue weighted by molar-refractivity contribution is 5.90. The summed E-state index contributed by atoms with van der Waals surface area (Å²) in [6, 6.07) is 14.5. The summed E-state index contributed by atoms with van der Waals surface area (Å²) in [6.45, 7) is 3.52. The van der Waals surface area contributed by atoms with E-state index in [2.05, 4.69) is 30.3 Å². The van der Waals surface area contributed by atoms with Crippen LogP contribution in [0.4, 0.5) is 0 Å². The number of carboxylic acids is 1. The number of aryl methyl sites for hydroxylation is 1. The number of carboxylic acid groups (broad SMARTS) is 1. The van der Waals surface area contributed by atoms with Gasteiger partial charge in [0.2, 0.25) is 0 Å². The van der Waals surface area contributed by atoms with Crippen molar-refractivity contribution >= 4 is 22.5 Å². The van der Waals surface area contributed by atoms with Gasteiger partial charge in [0.05, 0.1) is 17.6 Å². The van der Waals surface area contributed by atoms with Gasteiger partial charge in [-0.15, -0.1) is 0 Å². The van der Waals surface area contributed by atoms with Crippen LogP contribution in [0.15, 0.2) is 54.6 Å². The summed E-state index contributed by atoms with van der Waals surface area (Å²) in [5.74, 6) is -1.54. The van der Waals surface area contributed by atoms with E-state index in [1.165, 1.54) is 10.8 Å². The van der Waals surface area contributed by atoms with Crippen molar-refractivity contribution in [3.05, 3.63) is 60.2 Å². The Balaban J connectivity index is 1.60. The molecule has 0 aromatic heterocycles. The number of carbonyl (C=O) groups is 2. The van der Waals surface area contributed by atoms with E-state index in [0.29, 0.717) is 25.7 Å². The Bertz CT molecular complexity index is 977. The zero-order valence-corrected chi connectivity index (χ0v) is 18.9. The lowest BCUT2D eigenvalue weighted by Gasteiger charge is -2.22. The van der Waals surface area contributed by atoms with Crippen molar-refractivity contribution in [2.75, 3.05) is 0 Å². The van der Waals surface area contributed by atoms with Gasteiger partial charge in [0, 0.05) is 18.3 Å². The minimum atomic E-state index is -0.845. The lowest BCUT2D eigenvalue weighted by Crippen LogP contribution is -2.31. The minimum absolute atomic E-state index is 0.0145. The molecule has 2 aromatic carbocycles. The lowest BCUT2D eigenvalue weighted by molar-refractivity contribution is -0.137. The van der Waals surface area contributed by atoms with Crippen LogP contribution < -0.4 is 0 Å². The van der Waals surface area contributed by atoms with E-state index >= 15 is 0 Å². The molecule has 0 spiro atoms. The molecule has 32 heavy (non-hydrogen) atoms. The topological polar surface area (TPSA) is 94.8 Å². The Morgan fingerprint density at radius 3 is 2.56 bits per heavy atom. The van der Waals surface area contributed by atoms with Crippen LogP contribution in [0.2, 0.25) is 0 Å². The molecule has 0 amide bonds. The van der Waals surface area contributed by atoms with E-state index in [0.717, 1.165) is 12.0 Å². The van der Waals surface area contributed by atoms with E-state index in [9.17, 15) is 19.8 Å². The third-order valence-electron chi connectivity index (χ3n) is 6.79. The molecule has 1 aliphatic carbocycles. The van der Waals surface area contributed by atoms with Gasteiger partial charge in [-0.25, -0.2) is 0 Å². The van der Waals surface area contributed by atoms with Crippen molar-refractivity contribution in [3.63, 3.8) is 0 Å². The van der Waals surface area contributed by atoms with Gasteiger partial charge in [-0.2, -0.15) is 0 Å². The number of unbranched alkanes of at least 4 members (excludes halogenated alkanes) is 1. The maximum Gasteiger partial charge on any atom is 0.303 e. The van der Waals surface area contributed by atoms with Crippen molar-refractivity contribution in [2.24, 2.45) is 17.3 Å². The molecule has 1 aliphatic rings. The quantitative estimate of drug-likeness (QED) is 0.374. The Morgan fingerprint density at radius 1 is 1.12 bits per heavy atom. The zero-order valence-electron chi connectivity index (χ0n) is 18.9. The summed E-state index contributed by atoms with van der Waals surface area (Å²) in [4.78, 5) is 23.6. The van der Waals surface area contributed by atoms with Crippen molar-refractivity contribution < 1.29 is 24.9 Å². The number of rotatable bonds is 10. The number of benzene rings is 2. The first-order valence-corrected chi connectivity index (χ1v) is 11.5. The highest BCUT2D eigenvalue weighted by Gasteiger charge is 2.52. The molecule has 172 valence electrons. The Morgan fingerprint density at radius 2 is 1.84 bits per heavy atom. The van der Waals surface area contributed by atoms with Gasteiger partial charge >= 0.3 is 5.97 Å². The maximum absolute atomic E-state index is 12.9. The molecule has 0 saturated heterocycles. The molecular weight excluding hydrogens is 404 g/mol. The van der Waals surface area contributed by atoms with Crippen LogP contribution in [-0.2, 0) is 16.0 Å². The van der Waals surface area contributed by atoms with Crippen molar-refractivity contribution in [1.29, 1.82) is 0 Å². The van der Waals surface area contributed by atoms with Crippen LogP contribution >= 0.6 is 0 Å². The summed E-state index contributed by atoms with van der Waals surface area (Å²) in [5, 5.41) is 32.5. The largest absolute Gasteiger partial charge is 0.481 e. The highest BCUT2D eigenvalue weighted by Crippen LogP contribution is 2.45. The minimum Gasteiger partial charge on any atom is -0.481 e. The molecule has 3 rings (SSSR count). The molecule has 1 fully saturated rings. The molecular formula is C27H34O5. The van der Waals surface area contributed by atoms with Gasteiger partial charge in [-0.1, -0.05) is 74.9 Å². The fourth-order valence-electron chi connectivity index (χ4n) is 4.76. The Hall–Kier alpha value is -2.50. The molecule has 0 heterocycles. The summed E-state index contributed by atoms with van der Waals surface area (Å²) in [5.41, 5.74) is 0.312. The average molecular weight is 439 g/mol. The van der Waals surface area contributed by atoms with Gasteiger partial charge in [-0.3, -0.25) is 9.59 Å². The van der Waals surface area contributed by atoms with Crippen LogP contribution in [0.1, 0.15) is 51.5 Å². The van der Waals surface area contributed by atoms with Gasteiger partial charge in [-0.05, 0) is 42.0 Å². The second-order valence-electron chi connectivity index (χ2n) is 9.53. The number of aliphatic carboxylic acids is 1. The first-order chi connectivity index (χ1) is 15.2. The first kappa shape index (κ1) is 24.1. The zero-order chi connectivity index (χ0) is 23.3. The fourth-order valence-corrected chi connectivity index (χ4v) is 4.76. The van der Waals surface area contributed by atoms with Crippen molar-refractivity contribution in [2.45, 2.75) is 64.6 Å². The SMILES string of the molecule is CC1(C)C(=O)[C@H](CCCCC(=O)O)[C@@H](/C=C/[C@@H](O)CCc2ccc3ccccc3c2)[C@@H]1O. The average Bonchev–Trinajstić information content (AvgIpc) is 2.93. The number of fused-ring (bicyclic) bond motifs is 1. The standard InChI is InChI=1S/C27H34O5/c1-27(2)25(31)22(9-5-6-10-24(29)30)23(26(27)32)16-15-21(28)14-12-18-11-13-19-7-3-4-8-20(19)17-18/h3-4,7-8,11,13,15-17,21-23,26,28,32H,5-6,9-10,12,14H2,1-2H3,(H,29,30)/b16-15+/t21-,22+,23+,26-/m0/s1. The third kappa shape index (κ3) is 5.64. The molecule has 5 nitrogen and oxygen atoms in total. The van der Waals surface area contributed by atoms with Crippen molar-refractivity contribution in [3.8, 4) is 0 Å². The molecule has 4 atom stereocenters. The molecule has 2 aromatic rings. The second kappa shape index (κ2) is 10.4. The summed E-state index contributed by atoms with van der Waals surface area (Å²) >= 11 is 0. The van der Waals surface area contributed by atoms with Gasteiger partial charge in [0.25, 0.3) is 0 Å². The van der Waals surface area contributed by atoms with Gasteiger partial charge < -0.3 is 15.3 Å². The number of carbonyl (C=O) groups excluding carboxylic acids is 1. The molecule has 0 unspecified atom stereocenters. The summed E-state index contributed by atoms with van der Waals surface area (Å²) < 4.78 is 0. The van der Waals surface area contributed by atoms with Crippen LogP contribution in [0.5, 0.6) is 0 Å². The lowest BCUT2D eigenvalue weighted by atomic mass is 9.86. The molecule has 3 N–H and O–H groups in total. The van der Waals surface area contributed by atoms with Crippen molar-refractivity contribution in [1.82, 2.24) is 0 Å². The van der Waals surface area contributed by atoms with E-state index in [1.54, 1.807) is 26.0 Å². The van der Waals surface area contributed by atoms with Gasteiger partial charge in [0.15, 0.2) is 0 Å². The molecule has 0 radical (unpaired) electrons. The molecule has 1 saturated carbocycles. The van der Waals surface area contributed by atoms with Gasteiger partial charge in [0.1, 0.15) is 5.78 Å². The molecule has 0 bridgehead atoms. The number of hydrogen-bond donors (Lipinski definition) is 3. The van der Waals surface area contributed by atoms with E-state index in [1.807, 2.05) is 12.1 Å². The predicted octanol–water partition coefficient (Wildman–Crippen LogP) is 4.54. The number of Topliss-reactive ketones (excluding diaryl/α,β-unsaturated/α-hetero) is 1. The second-order valence-corrected chi connectivity index (χ2v) is 9.53. The monoisotopic (exact) mass is 438 g/mol. The normalized spacial score (nSPS) is 23.8. The fraction of sp³-hybridized carbons (Fsp3) is 0.481. The smallest absolute Gasteiger partial charge is 0.303 e. The summed E-state index contributed by atoms with van der Waals surface area (Å²) in [7, 11) is 0. The van der Waals surface area contributed by atoms with Crippen LogP contribution in [0.25, 0.3) is 10.8 Å². The van der Waals surface area contributed by atoms with E-state index in [-0.39, 0.29) is 24.0 Å².